The second-order valence-electron chi connectivity index (χ2n) is 5.86. The summed E-state index contributed by atoms with van der Waals surface area (Å²) in [7, 11) is 0. The SMILES string of the molecule is CCC1CCC(O)(CNCCc2scnc2C)CC1. The van der Waals surface area contributed by atoms with E-state index in [-0.39, 0.29) is 0 Å². The number of aromatic nitrogens is 1. The minimum atomic E-state index is -0.464. The van der Waals surface area contributed by atoms with E-state index in [4.69, 9.17) is 0 Å². The van der Waals surface area contributed by atoms with Gasteiger partial charge in [0.15, 0.2) is 0 Å². The van der Waals surface area contributed by atoms with Gasteiger partial charge in [0, 0.05) is 18.0 Å². The molecular formula is C15H26N2OS. The van der Waals surface area contributed by atoms with Crippen LogP contribution in [0.2, 0.25) is 0 Å². The first kappa shape index (κ1) is 14.9. The zero-order valence-corrected chi connectivity index (χ0v) is 12.9. The van der Waals surface area contributed by atoms with Gasteiger partial charge in [0.05, 0.1) is 16.8 Å². The lowest BCUT2D eigenvalue weighted by Crippen LogP contribution is -2.44. The van der Waals surface area contributed by atoms with Crippen LogP contribution in [-0.4, -0.2) is 28.8 Å². The number of aliphatic hydroxyl groups is 1. The summed E-state index contributed by atoms with van der Waals surface area (Å²) >= 11 is 1.72. The topological polar surface area (TPSA) is 45.1 Å². The monoisotopic (exact) mass is 282 g/mol. The van der Waals surface area contributed by atoms with Gasteiger partial charge < -0.3 is 10.4 Å². The third kappa shape index (κ3) is 4.26. The summed E-state index contributed by atoms with van der Waals surface area (Å²) in [6.07, 6.45) is 6.56. The zero-order valence-electron chi connectivity index (χ0n) is 12.1. The first-order valence-corrected chi connectivity index (χ1v) is 8.33. The van der Waals surface area contributed by atoms with Gasteiger partial charge in [-0.05, 0) is 44.9 Å². The minimum Gasteiger partial charge on any atom is -0.389 e. The molecule has 1 aromatic heterocycles. The first-order valence-electron chi connectivity index (χ1n) is 7.45. The molecule has 0 bridgehead atoms. The van der Waals surface area contributed by atoms with E-state index in [0.29, 0.717) is 0 Å². The molecule has 2 N–H and O–H groups in total. The number of rotatable bonds is 6. The lowest BCUT2D eigenvalue weighted by atomic mass is 9.78. The van der Waals surface area contributed by atoms with E-state index in [1.54, 1.807) is 11.3 Å². The molecule has 0 aromatic carbocycles. The number of aryl methyl sites for hydroxylation is 1. The number of hydrogen-bond acceptors (Lipinski definition) is 4. The zero-order chi connectivity index (χ0) is 13.7. The Balaban J connectivity index is 1.67. The van der Waals surface area contributed by atoms with Crippen LogP contribution >= 0.6 is 11.3 Å². The maximum absolute atomic E-state index is 10.5. The molecule has 0 amide bonds. The minimum absolute atomic E-state index is 0.464. The molecule has 2 rings (SSSR count). The summed E-state index contributed by atoms with van der Waals surface area (Å²) in [6, 6.07) is 0. The molecule has 3 nitrogen and oxygen atoms in total. The summed E-state index contributed by atoms with van der Waals surface area (Å²) in [6.45, 7) is 5.99. The van der Waals surface area contributed by atoms with Crippen LogP contribution in [0.5, 0.6) is 0 Å². The number of nitrogens with zero attached hydrogens (tertiary/aromatic N) is 1. The van der Waals surface area contributed by atoms with E-state index in [1.165, 1.54) is 24.1 Å². The highest BCUT2D eigenvalue weighted by atomic mass is 32.1. The van der Waals surface area contributed by atoms with Crippen LogP contribution in [0.3, 0.4) is 0 Å². The second-order valence-corrected chi connectivity index (χ2v) is 6.80. The maximum Gasteiger partial charge on any atom is 0.0797 e. The Morgan fingerprint density at radius 3 is 2.79 bits per heavy atom. The third-order valence-electron chi connectivity index (χ3n) is 4.44. The molecule has 0 aliphatic heterocycles. The summed E-state index contributed by atoms with van der Waals surface area (Å²) in [5.41, 5.74) is 2.59. The summed E-state index contributed by atoms with van der Waals surface area (Å²) in [5.74, 6) is 0.833. The van der Waals surface area contributed by atoms with E-state index in [0.717, 1.165) is 44.0 Å². The Bertz CT molecular complexity index is 383. The van der Waals surface area contributed by atoms with Crippen LogP contribution in [0.15, 0.2) is 5.51 Å². The summed E-state index contributed by atoms with van der Waals surface area (Å²) in [4.78, 5) is 5.61. The van der Waals surface area contributed by atoms with Gasteiger partial charge >= 0.3 is 0 Å². The number of hydrogen-bond donors (Lipinski definition) is 2. The Hall–Kier alpha value is -0.450. The molecule has 108 valence electrons. The fourth-order valence-corrected chi connectivity index (χ4v) is 3.67. The normalized spacial score (nSPS) is 27.6. The van der Waals surface area contributed by atoms with Gasteiger partial charge in [0.2, 0.25) is 0 Å². The fraction of sp³-hybridized carbons (Fsp3) is 0.800. The molecule has 1 aromatic rings. The Morgan fingerprint density at radius 1 is 1.47 bits per heavy atom. The molecule has 0 radical (unpaired) electrons. The van der Waals surface area contributed by atoms with Crippen molar-refractivity contribution in [2.45, 2.75) is 58.0 Å². The van der Waals surface area contributed by atoms with E-state index in [1.807, 2.05) is 5.51 Å². The lowest BCUT2D eigenvalue weighted by Gasteiger charge is -2.36. The maximum atomic E-state index is 10.5. The molecule has 0 atom stereocenters. The van der Waals surface area contributed by atoms with Crippen molar-refractivity contribution in [3.8, 4) is 0 Å². The van der Waals surface area contributed by atoms with Crippen LogP contribution in [0, 0.1) is 12.8 Å². The second kappa shape index (κ2) is 6.82. The lowest BCUT2D eigenvalue weighted by molar-refractivity contribution is -0.00834. The van der Waals surface area contributed by atoms with Crippen molar-refractivity contribution < 1.29 is 5.11 Å². The smallest absolute Gasteiger partial charge is 0.0797 e. The van der Waals surface area contributed by atoms with Crippen molar-refractivity contribution in [2.24, 2.45) is 5.92 Å². The Kier molecular flexibility index (Phi) is 5.37. The number of nitrogens with one attached hydrogen (secondary N) is 1. The van der Waals surface area contributed by atoms with Crippen LogP contribution < -0.4 is 5.32 Å². The third-order valence-corrected chi connectivity index (χ3v) is 5.44. The summed E-state index contributed by atoms with van der Waals surface area (Å²) in [5, 5.41) is 13.9. The van der Waals surface area contributed by atoms with Crippen molar-refractivity contribution >= 4 is 11.3 Å². The highest BCUT2D eigenvalue weighted by molar-refractivity contribution is 7.09. The largest absolute Gasteiger partial charge is 0.389 e. The molecule has 1 saturated carbocycles. The van der Waals surface area contributed by atoms with Gasteiger partial charge in [-0.2, -0.15) is 0 Å². The van der Waals surface area contributed by atoms with Gasteiger partial charge in [-0.25, -0.2) is 4.98 Å². The summed E-state index contributed by atoms with van der Waals surface area (Å²) < 4.78 is 0. The van der Waals surface area contributed by atoms with Gasteiger partial charge in [-0.1, -0.05) is 13.3 Å². The van der Waals surface area contributed by atoms with E-state index >= 15 is 0 Å². The molecular weight excluding hydrogens is 256 g/mol. The van der Waals surface area contributed by atoms with Crippen LogP contribution in [0.1, 0.15) is 49.6 Å². The molecule has 1 aliphatic carbocycles. The first-order chi connectivity index (χ1) is 9.13. The van der Waals surface area contributed by atoms with E-state index in [9.17, 15) is 5.11 Å². The van der Waals surface area contributed by atoms with Gasteiger partial charge in [-0.3, -0.25) is 0 Å². The molecule has 1 heterocycles. The average Bonchev–Trinajstić information content (AvgIpc) is 2.81. The van der Waals surface area contributed by atoms with Crippen LogP contribution in [0.4, 0.5) is 0 Å². The average molecular weight is 282 g/mol. The Labute approximate surface area is 120 Å². The van der Waals surface area contributed by atoms with E-state index < -0.39 is 5.60 Å². The Morgan fingerprint density at radius 2 is 2.21 bits per heavy atom. The quantitative estimate of drug-likeness (QED) is 0.789. The molecule has 0 saturated heterocycles. The standard InChI is InChI=1S/C15H26N2OS/c1-3-13-4-7-15(18,8-5-13)10-16-9-6-14-12(2)17-11-19-14/h11,13,16,18H,3-10H2,1-2H3. The predicted molar refractivity (Wildman–Crippen MR) is 80.6 cm³/mol. The van der Waals surface area contributed by atoms with Crippen molar-refractivity contribution in [3.05, 3.63) is 16.1 Å². The molecule has 19 heavy (non-hydrogen) atoms. The molecule has 1 fully saturated rings. The highest BCUT2D eigenvalue weighted by Crippen LogP contribution is 2.33. The predicted octanol–water partition coefficient (Wildman–Crippen LogP) is 2.91. The fourth-order valence-electron chi connectivity index (χ4n) is 2.89. The van der Waals surface area contributed by atoms with Crippen LogP contribution in [-0.2, 0) is 6.42 Å². The van der Waals surface area contributed by atoms with Crippen molar-refractivity contribution in [2.75, 3.05) is 13.1 Å². The van der Waals surface area contributed by atoms with Gasteiger partial charge in [0.25, 0.3) is 0 Å². The highest BCUT2D eigenvalue weighted by Gasteiger charge is 2.31. The number of thiazole rings is 1. The van der Waals surface area contributed by atoms with Crippen LogP contribution in [0.25, 0.3) is 0 Å². The van der Waals surface area contributed by atoms with Crippen molar-refractivity contribution in [1.29, 1.82) is 0 Å². The van der Waals surface area contributed by atoms with E-state index in [2.05, 4.69) is 24.1 Å². The van der Waals surface area contributed by atoms with Gasteiger partial charge in [0.1, 0.15) is 0 Å². The van der Waals surface area contributed by atoms with Gasteiger partial charge in [-0.15, -0.1) is 11.3 Å². The van der Waals surface area contributed by atoms with Crippen molar-refractivity contribution in [3.63, 3.8) is 0 Å². The van der Waals surface area contributed by atoms with Crippen molar-refractivity contribution in [1.82, 2.24) is 10.3 Å². The molecule has 0 unspecified atom stereocenters. The molecule has 4 heteroatoms. The molecule has 1 aliphatic rings. The molecule has 0 spiro atoms.